The molecule has 3 aromatic heterocycles. The molecule has 0 atom stereocenters. The molecule has 5 heteroatoms. The van der Waals surface area contributed by atoms with Crippen molar-refractivity contribution in [3.05, 3.63) is 77.6 Å². The molecule has 0 spiro atoms. The summed E-state index contributed by atoms with van der Waals surface area (Å²) in [5.74, 6) is 0. The lowest BCUT2D eigenvalue weighted by Crippen LogP contribution is -2.26. The molecule has 0 amide bonds. The molecule has 0 aliphatic carbocycles. The van der Waals surface area contributed by atoms with Crippen LogP contribution < -0.4 is 0 Å². The number of nitrogens with zero attached hydrogens (tertiary/aromatic N) is 4. The van der Waals surface area contributed by atoms with Gasteiger partial charge < -0.3 is 9.67 Å². The maximum absolute atomic E-state index is 9.43. The Bertz CT molecular complexity index is 799. The molecule has 0 radical (unpaired) electrons. The molecule has 0 aliphatic heterocycles. The van der Waals surface area contributed by atoms with Crippen LogP contribution in [0.15, 0.2) is 55.1 Å². The van der Waals surface area contributed by atoms with E-state index in [1.54, 1.807) is 12.4 Å². The predicted octanol–water partition coefficient (Wildman–Crippen LogP) is 2.88. The van der Waals surface area contributed by atoms with Crippen LogP contribution in [-0.4, -0.2) is 37.7 Å². The Kier molecular flexibility index (Phi) is 5.58. The summed E-state index contributed by atoms with van der Waals surface area (Å²) < 4.78 is 2.23. The third kappa shape index (κ3) is 4.13. The molecule has 3 aromatic rings. The van der Waals surface area contributed by atoms with Crippen molar-refractivity contribution in [1.29, 1.82) is 0 Å². The smallest absolute Gasteiger partial charge is 0.0638 e. The molecule has 1 N–H and O–H groups in total. The van der Waals surface area contributed by atoms with Gasteiger partial charge in [0.2, 0.25) is 0 Å². The van der Waals surface area contributed by atoms with Crippen LogP contribution in [0.1, 0.15) is 22.5 Å². The Balaban J connectivity index is 1.83. The van der Waals surface area contributed by atoms with Crippen molar-refractivity contribution in [2.45, 2.75) is 26.9 Å². The summed E-state index contributed by atoms with van der Waals surface area (Å²) in [4.78, 5) is 10.7. The van der Waals surface area contributed by atoms with E-state index in [1.807, 2.05) is 24.5 Å². The van der Waals surface area contributed by atoms with E-state index in [-0.39, 0.29) is 6.61 Å². The third-order valence-corrected chi connectivity index (χ3v) is 4.38. The molecule has 0 aliphatic rings. The first-order valence-corrected chi connectivity index (χ1v) is 8.49. The zero-order valence-electron chi connectivity index (χ0n) is 14.8. The Morgan fingerprint density at radius 3 is 2.44 bits per heavy atom. The number of aryl methyl sites for hydroxylation is 1. The van der Waals surface area contributed by atoms with Gasteiger partial charge in [-0.05, 0) is 49.2 Å². The average Bonchev–Trinajstić information content (AvgIpc) is 2.90. The lowest BCUT2D eigenvalue weighted by Gasteiger charge is -2.21. The molecule has 0 bridgehead atoms. The van der Waals surface area contributed by atoms with Crippen LogP contribution in [0.25, 0.3) is 5.69 Å². The maximum atomic E-state index is 9.43. The molecule has 0 unspecified atom stereocenters. The monoisotopic (exact) mass is 336 g/mol. The molecular formula is C20H24N4O. The largest absolute Gasteiger partial charge is 0.395 e. The van der Waals surface area contributed by atoms with Gasteiger partial charge in [-0.25, -0.2) is 0 Å². The van der Waals surface area contributed by atoms with Gasteiger partial charge in [0, 0.05) is 49.6 Å². The number of hydrogen-bond donors (Lipinski definition) is 1. The summed E-state index contributed by atoms with van der Waals surface area (Å²) in [5, 5.41) is 9.43. The highest BCUT2D eigenvalue weighted by Crippen LogP contribution is 2.22. The topological polar surface area (TPSA) is 54.2 Å². The van der Waals surface area contributed by atoms with E-state index in [0.29, 0.717) is 6.54 Å². The van der Waals surface area contributed by atoms with E-state index >= 15 is 0 Å². The molecule has 130 valence electrons. The molecule has 0 saturated carbocycles. The highest BCUT2D eigenvalue weighted by molar-refractivity contribution is 5.39. The molecule has 25 heavy (non-hydrogen) atoms. The SMILES string of the molecule is Cc1cc(CN(CCO)Cc2cccnc2)c(C)n1-c1cccnc1. The Morgan fingerprint density at radius 1 is 1.04 bits per heavy atom. The van der Waals surface area contributed by atoms with Crippen LogP contribution in [0.5, 0.6) is 0 Å². The number of rotatable bonds is 7. The first-order valence-electron chi connectivity index (χ1n) is 8.49. The lowest BCUT2D eigenvalue weighted by atomic mass is 10.2. The zero-order valence-corrected chi connectivity index (χ0v) is 14.8. The van der Waals surface area contributed by atoms with Gasteiger partial charge in [-0.15, -0.1) is 0 Å². The Morgan fingerprint density at radius 2 is 1.80 bits per heavy atom. The van der Waals surface area contributed by atoms with Crippen LogP contribution in [0.3, 0.4) is 0 Å². The van der Waals surface area contributed by atoms with Crippen LogP contribution in [0, 0.1) is 13.8 Å². The molecule has 0 fully saturated rings. The van der Waals surface area contributed by atoms with Crippen LogP contribution in [-0.2, 0) is 13.1 Å². The van der Waals surface area contributed by atoms with E-state index in [1.165, 1.54) is 17.0 Å². The molecule has 3 heterocycles. The highest BCUT2D eigenvalue weighted by Gasteiger charge is 2.14. The van der Waals surface area contributed by atoms with E-state index in [2.05, 4.69) is 51.5 Å². The number of aliphatic hydroxyl groups excluding tert-OH is 1. The van der Waals surface area contributed by atoms with Gasteiger partial charge in [-0.3, -0.25) is 14.9 Å². The van der Waals surface area contributed by atoms with Gasteiger partial charge in [0.25, 0.3) is 0 Å². The van der Waals surface area contributed by atoms with Gasteiger partial charge in [0.05, 0.1) is 18.5 Å². The van der Waals surface area contributed by atoms with Crippen molar-refractivity contribution < 1.29 is 5.11 Å². The maximum Gasteiger partial charge on any atom is 0.0638 e. The second kappa shape index (κ2) is 8.05. The van der Waals surface area contributed by atoms with E-state index < -0.39 is 0 Å². The fourth-order valence-electron chi connectivity index (χ4n) is 3.22. The summed E-state index contributed by atoms with van der Waals surface area (Å²) in [6, 6.07) is 10.2. The highest BCUT2D eigenvalue weighted by atomic mass is 16.3. The second-order valence-corrected chi connectivity index (χ2v) is 6.24. The molecule has 3 rings (SSSR count). The van der Waals surface area contributed by atoms with Crippen molar-refractivity contribution in [2.24, 2.45) is 0 Å². The quantitative estimate of drug-likeness (QED) is 0.721. The molecule has 0 aromatic carbocycles. The van der Waals surface area contributed by atoms with Gasteiger partial charge in [-0.2, -0.15) is 0 Å². The standard InChI is InChI=1S/C20H24N4O/c1-16-11-19(17(2)24(16)20-6-4-8-22-13-20)15-23(9-10-25)14-18-5-3-7-21-12-18/h3-8,11-13,25H,9-10,14-15H2,1-2H3. The molecular weight excluding hydrogens is 312 g/mol. The van der Waals surface area contributed by atoms with Gasteiger partial charge in [0.15, 0.2) is 0 Å². The molecule has 5 nitrogen and oxygen atoms in total. The minimum atomic E-state index is 0.140. The molecule has 0 saturated heterocycles. The number of pyridine rings is 2. The van der Waals surface area contributed by atoms with E-state index in [9.17, 15) is 5.11 Å². The van der Waals surface area contributed by atoms with Crippen molar-refractivity contribution in [2.75, 3.05) is 13.2 Å². The minimum Gasteiger partial charge on any atom is -0.395 e. The van der Waals surface area contributed by atoms with Crippen LogP contribution in [0.2, 0.25) is 0 Å². The first kappa shape index (κ1) is 17.3. The van der Waals surface area contributed by atoms with E-state index in [0.717, 1.165) is 24.3 Å². The van der Waals surface area contributed by atoms with Gasteiger partial charge in [0.1, 0.15) is 0 Å². The first-order chi connectivity index (χ1) is 12.2. The van der Waals surface area contributed by atoms with Crippen molar-refractivity contribution in [1.82, 2.24) is 19.4 Å². The Hall–Kier alpha value is -2.50. The minimum absolute atomic E-state index is 0.140. The fraction of sp³-hybridized carbons (Fsp3) is 0.300. The van der Waals surface area contributed by atoms with Crippen LogP contribution in [0.4, 0.5) is 0 Å². The van der Waals surface area contributed by atoms with Crippen molar-refractivity contribution >= 4 is 0 Å². The van der Waals surface area contributed by atoms with Crippen LogP contribution >= 0.6 is 0 Å². The Labute approximate surface area is 148 Å². The predicted molar refractivity (Wildman–Crippen MR) is 98.5 cm³/mol. The normalized spacial score (nSPS) is 11.2. The zero-order chi connectivity index (χ0) is 17.6. The number of hydrogen-bond acceptors (Lipinski definition) is 4. The van der Waals surface area contributed by atoms with E-state index in [4.69, 9.17) is 0 Å². The number of aromatic nitrogens is 3. The van der Waals surface area contributed by atoms with Crippen molar-refractivity contribution in [3.8, 4) is 5.69 Å². The van der Waals surface area contributed by atoms with Crippen molar-refractivity contribution in [3.63, 3.8) is 0 Å². The summed E-state index contributed by atoms with van der Waals surface area (Å²) in [7, 11) is 0. The summed E-state index contributed by atoms with van der Waals surface area (Å²) in [6.45, 7) is 6.57. The number of aliphatic hydroxyl groups is 1. The summed E-state index contributed by atoms with van der Waals surface area (Å²) >= 11 is 0. The van der Waals surface area contributed by atoms with Gasteiger partial charge >= 0.3 is 0 Å². The second-order valence-electron chi connectivity index (χ2n) is 6.24. The summed E-state index contributed by atoms with van der Waals surface area (Å²) in [5.41, 5.74) is 5.88. The lowest BCUT2D eigenvalue weighted by molar-refractivity contribution is 0.184. The average molecular weight is 336 g/mol. The summed E-state index contributed by atoms with van der Waals surface area (Å²) in [6.07, 6.45) is 7.32. The van der Waals surface area contributed by atoms with Gasteiger partial charge in [-0.1, -0.05) is 6.07 Å². The third-order valence-electron chi connectivity index (χ3n) is 4.38. The fourth-order valence-corrected chi connectivity index (χ4v) is 3.22.